The molecule has 1 heterocycles. The lowest BCUT2D eigenvalue weighted by atomic mass is 9.93. The number of carboxylic acids is 2. The Bertz CT molecular complexity index is 277. The van der Waals surface area contributed by atoms with E-state index in [1.54, 1.807) is 4.90 Å². The van der Waals surface area contributed by atoms with Crippen LogP contribution in [0.15, 0.2) is 0 Å². The molecule has 1 atom stereocenters. The average Bonchev–Trinajstić information content (AvgIpc) is 2.75. The van der Waals surface area contributed by atoms with Crippen LogP contribution in [0, 0.1) is 5.41 Å². The number of likely N-dealkylation sites (tertiary alicyclic amines) is 1. The van der Waals surface area contributed by atoms with Gasteiger partial charge in [0.2, 0.25) is 0 Å². The first-order valence-corrected chi connectivity index (χ1v) is 4.71. The topological polar surface area (TPSA) is 77.8 Å². The predicted molar refractivity (Wildman–Crippen MR) is 46.9 cm³/mol. The van der Waals surface area contributed by atoms with Gasteiger partial charge in [-0.1, -0.05) is 0 Å². The molecular formula is C9H13NO4. The van der Waals surface area contributed by atoms with Crippen molar-refractivity contribution in [2.45, 2.75) is 25.3 Å². The van der Waals surface area contributed by atoms with E-state index in [9.17, 15) is 9.59 Å². The second kappa shape index (κ2) is 2.95. The molecule has 0 amide bonds. The van der Waals surface area contributed by atoms with Gasteiger partial charge in [-0.2, -0.15) is 0 Å². The van der Waals surface area contributed by atoms with Gasteiger partial charge in [-0.3, -0.25) is 14.5 Å². The molecule has 2 aliphatic rings. The summed E-state index contributed by atoms with van der Waals surface area (Å²) in [5.41, 5.74) is 0.367. The second-order valence-electron chi connectivity index (χ2n) is 4.36. The maximum absolute atomic E-state index is 10.8. The summed E-state index contributed by atoms with van der Waals surface area (Å²) in [5, 5.41) is 17.4. The summed E-state index contributed by atoms with van der Waals surface area (Å²) in [6.07, 6.45) is 2.04. The van der Waals surface area contributed by atoms with Crippen LogP contribution in [-0.4, -0.2) is 46.2 Å². The summed E-state index contributed by atoms with van der Waals surface area (Å²) < 4.78 is 0. The minimum absolute atomic E-state index is 0.300. The van der Waals surface area contributed by atoms with Crippen LogP contribution in [-0.2, 0) is 9.59 Å². The lowest BCUT2D eigenvalue weighted by Gasteiger charge is -2.43. The van der Waals surface area contributed by atoms with Crippen molar-refractivity contribution in [1.82, 2.24) is 4.90 Å². The van der Waals surface area contributed by atoms with Gasteiger partial charge in [-0.15, -0.1) is 0 Å². The van der Waals surface area contributed by atoms with Gasteiger partial charge in [-0.25, -0.2) is 0 Å². The molecule has 1 saturated carbocycles. The van der Waals surface area contributed by atoms with Crippen LogP contribution in [0.25, 0.3) is 0 Å². The maximum Gasteiger partial charge on any atom is 0.321 e. The molecule has 2 rings (SSSR count). The Labute approximate surface area is 81.3 Å². The fourth-order valence-electron chi connectivity index (χ4n) is 2.07. The normalized spacial score (nSPS) is 25.4. The van der Waals surface area contributed by atoms with Crippen molar-refractivity contribution in [3.8, 4) is 0 Å². The highest BCUT2D eigenvalue weighted by atomic mass is 16.4. The molecule has 0 bridgehead atoms. The molecule has 0 aromatic heterocycles. The highest BCUT2D eigenvalue weighted by molar-refractivity contribution is 5.80. The van der Waals surface area contributed by atoms with Crippen molar-refractivity contribution in [2.24, 2.45) is 5.41 Å². The molecule has 1 saturated heterocycles. The van der Waals surface area contributed by atoms with Crippen molar-refractivity contribution < 1.29 is 19.8 Å². The fraction of sp³-hybridized carbons (Fsp3) is 0.778. The molecule has 78 valence electrons. The van der Waals surface area contributed by atoms with Crippen LogP contribution >= 0.6 is 0 Å². The number of carboxylic acid groups (broad SMARTS) is 2. The standard InChI is InChI=1S/C9H13NO4/c11-7(12)3-6(8(13)14)10-4-9(5-10)1-2-9/h6H,1-5H2,(H,11,12)(H,13,14). The van der Waals surface area contributed by atoms with Crippen LogP contribution in [0.5, 0.6) is 0 Å². The monoisotopic (exact) mass is 199 g/mol. The predicted octanol–water partition coefficient (Wildman–Crippen LogP) is 0.0101. The number of nitrogens with zero attached hydrogens (tertiary/aromatic N) is 1. The van der Waals surface area contributed by atoms with Crippen LogP contribution in [0.1, 0.15) is 19.3 Å². The minimum atomic E-state index is -1.05. The highest BCUT2D eigenvalue weighted by Crippen LogP contribution is 2.53. The first kappa shape index (κ1) is 9.45. The summed E-state index contributed by atoms with van der Waals surface area (Å²) in [6.45, 7) is 1.52. The molecule has 2 N–H and O–H groups in total. The quantitative estimate of drug-likeness (QED) is 0.666. The van der Waals surface area contributed by atoms with E-state index in [-0.39, 0.29) is 6.42 Å². The van der Waals surface area contributed by atoms with Crippen LogP contribution in [0.2, 0.25) is 0 Å². The van der Waals surface area contributed by atoms with E-state index in [2.05, 4.69) is 0 Å². The molecule has 1 spiro atoms. The molecule has 1 unspecified atom stereocenters. The lowest BCUT2D eigenvalue weighted by Crippen LogP contribution is -2.56. The third-order valence-electron chi connectivity index (χ3n) is 3.13. The van der Waals surface area contributed by atoms with E-state index in [4.69, 9.17) is 10.2 Å². The van der Waals surface area contributed by atoms with Gasteiger partial charge in [0.25, 0.3) is 0 Å². The Kier molecular flexibility index (Phi) is 1.99. The van der Waals surface area contributed by atoms with Crippen molar-refractivity contribution in [3.63, 3.8) is 0 Å². The summed E-state index contributed by atoms with van der Waals surface area (Å²) in [6, 6.07) is -0.835. The van der Waals surface area contributed by atoms with Crippen LogP contribution in [0.4, 0.5) is 0 Å². The van der Waals surface area contributed by atoms with E-state index in [0.29, 0.717) is 5.41 Å². The van der Waals surface area contributed by atoms with Gasteiger partial charge in [0, 0.05) is 13.1 Å². The van der Waals surface area contributed by atoms with Crippen LogP contribution in [0.3, 0.4) is 0 Å². The number of rotatable bonds is 4. The number of hydrogen-bond acceptors (Lipinski definition) is 3. The molecule has 2 fully saturated rings. The van der Waals surface area contributed by atoms with E-state index in [1.165, 1.54) is 12.8 Å². The first-order chi connectivity index (χ1) is 6.52. The molecule has 1 aliphatic heterocycles. The van der Waals surface area contributed by atoms with Gasteiger partial charge < -0.3 is 10.2 Å². The largest absolute Gasteiger partial charge is 0.481 e. The fourth-order valence-corrected chi connectivity index (χ4v) is 2.07. The average molecular weight is 199 g/mol. The lowest BCUT2D eigenvalue weighted by molar-refractivity contribution is -0.153. The molecule has 14 heavy (non-hydrogen) atoms. The highest BCUT2D eigenvalue weighted by Gasteiger charge is 2.54. The molecule has 0 aromatic rings. The summed E-state index contributed by atoms with van der Waals surface area (Å²) in [4.78, 5) is 23.0. The molecule has 1 aliphatic carbocycles. The number of aliphatic carboxylic acids is 2. The minimum Gasteiger partial charge on any atom is -0.481 e. The Balaban J connectivity index is 1.91. The Morgan fingerprint density at radius 3 is 2.21 bits per heavy atom. The summed E-state index contributed by atoms with van der Waals surface area (Å²) in [7, 11) is 0. The Morgan fingerprint density at radius 2 is 1.86 bits per heavy atom. The SMILES string of the molecule is O=C(O)CC(C(=O)O)N1CC2(CC2)C1. The molecule has 5 nitrogen and oxygen atoms in total. The second-order valence-corrected chi connectivity index (χ2v) is 4.36. The maximum atomic E-state index is 10.8. The zero-order valence-electron chi connectivity index (χ0n) is 7.77. The van der Waals surface area contributed by atoms with E-state index < -0.39 is 18.0 Å². The smallest absolute Gasteiger partial charge is 0.321 e. The first-order valence-electron chi connectivity index (χ1n) is 4.71. The van der Waals surface area contributed by atoms with Crippen molar-refractivity contribution >= 4 is 11.9 Å². The van der Waals surface area contributed by atoms with E-state index in [1.807, 2.05) is 0 Å². The third kappa shape index (κ3) is 1.59. The molecule has 0 radical (unpaired) electrons. The van der Waals surface area contributed by atoms with Gasteiger partial charge >= 0.3 is 11.9 Å². The number of hydrogen-bond donors (Lipinski definition) is 2. The van der Waals surface area contributed by atoms with E-state index >= 15 is 0 Å². The van der Waals surface area contributed by atoms with Gasteiger partial charge in [0.1, 0.15) is 6.04 Å². The number of carbonyl (C=O) groups is 2. The van der Waals surface area contributed by atoms with Crippen molar-refractivity contribution in [1.29, 1.82) is 0 Å². The zero-order chi connectivity index (χ0) is 10.3. The molecular weight excluding hydrogens is 186 g/mol. The van der Waals surface area contributed by atoms with Gasteiger partial charge in [-0.05, 0) is 18.3 Å². The van der Waals surface area contributed by atoms with Crippen LogP contribution < -0.4 is 0 Å². The van der Waals surface area contributed by atoms with Gasteiger partial charge in [0.05, 0.1) is 6.42 Å². The summed E-state index contributed by atoms with van der Waals surface area (Å²) >= 11 is 0. The molecule has 0 aromatic carbocycles. The third-order valence-corrected chi connectivity index (χ3v) is 3.13. The van der Waals surface area contributed by atoms with Crippen molar-refractivity contribution in [2.75, 3.05) is 13.1 Å². The van der Waals surface area contributed by atoms with Gasteiger partial charge in [0.15, 0.2) is 0 Å². The summed E-state index contributed by atoms with van der Waals surface area (Å²) in [5.74, 6) is -2.07. The van der Waals surface area contributed by atoms with Crippen molar-refractivity contribution in [3.05, 3.63) is 0 Å². The zero-order valence-corrected chi connectivity index (χ0v) is 7.77. The molecule has 5 heteroatoms. The van der Waals surface area contributed by atoms with E-state index in [0.717, 1.165) is 13.1 Å². The Morgan fingerprint density at radius 1 is 1.29 bits per heavy atom. The Hall–Kier alpha value is -1.10.